The second-order valence-electron chi connectivity index (χ2n) is 7.80. The Morgan fingerprint density at radius 1 is 1.21 bits per heavy atom. The number of hydrogen-bond acceptors (Lipinski definition) is 6. The number of hydrogen-bond donors (Lipinski definition) is 1. The molecule has 29 heavy (non-hydrogen) atoms. The van der Waals surface area contributed by atoms with Gasteiger partial charge in [0.25, 0.3) is 0 Å². The first-order valence-electron chi connectivity index (χ1n) is 10.4. The first-order chi connectivity index (χ1) is 14.1. The highest BCUT2D eigenvalue weighted by Crippen LogP contribution is 2.33. The van der Waals surface area contributed by atoms with Crippen LogP contribution in [0.15, 0.2) is 30.3 Å². The van der Waals surface area contributed by atoms with E-state index in [1.807, 2.05) is 23.1 Å². The van der Waals surface area contributed by atoms with E-state index in [1.54, 1.807) is 4.90 Å². The Morgan fingerprint density at radius 3 is 2.76 bits per heavy atom. The third-order valence-corrected chi connectivity index (χ3v) is 6.59. The summed E-state index contributed by atoms with van der Waals surface area (Å²) in [5, 5.41) is 13.0. The number of carbonyl (C=O) groups excluding carboxylic acids is 2. The highest BCUT2D eigenvalue weighted by atomic mass is 32.1. The third-order valence-electron chi connectivity index (χ3n) is 5.61. The molecule has 2 aromatic rings. The maximum Gasteiger partial charge on any atom is 0.242 e. The summed E-state index contributed by atoms with van der Waals surface area (Å²) >= 11 is 1.41. The molecule has 0 saturated carbocycles. The van der Waals surface area contributed by atoms with Crippen LogP contribution in [-0.4, -0.2) is 47.2 Å². The summed E-state index contributed by atoms with van der Waals surface area (Å²) in [7, 11) is 0. The van der Waals surface area contributed by atoms with Crippen LogP contribution in [0, 0.1) is 0 Å². The highest BCUT2D eigenvalue weighted by Gasteiger charge is 2.34. The Hall–Kier alpha value is -2.48. The van der Waals surface area contributed by atoms with Crippen LogP contribution >= 0.6 is 11.3 Å². The van der Waals surface area contributed by atoms with Crippen molar-refractivity contribution in [2.75, 3.05) is 22.9 Å². The number of aromatic nitrogens is 2. The molecular formula is C21H27N5O2S. The lowest BCUT2D eigenvalue weighted by Gasteiger charge is -2.24. The van der Waals surface area contributed by atoms with Gasteiger partial charge in [0.1, 0.15) is 6.04 Å². The number of rotatable bonds is 7. The zero-order valence-electron chi connectivity index (χ0n) is 16.7. The van der Waals surface area contributed by atoms with Crippen molar-refractivity contribution in [1.82, 2.24) is 15.5 Å². The number of nitrogens with zero attached hydrogens (tertiary/aromatic N) is 4. The minimum Gasteiger partial charge on any atom is -0.352 e. The molecule has 0 aliphatic carbocycles. The van der Waals surface area contributed by atoms with E-state index in [4.69, 9.17) is 0 Å². The highest BCUT2D eigenvalue weighted by molar-refractivity contribution is 7.19. The maximum atomic E-state index is 12.9. The van der Waals surface area contributed by atoms with Crippen LogP contribution in [0.2, 0.25) is 0 Å². The number of carbonyl (C=O) groups is 2. The van der Waals surface area contributed by atoms with E-state index >= 15 is 0 Å². The zero-order chi connectivity index (χ0) is 20.2. The minimum absolute atomic E-state index is 0.0528. The minimum atomic E-state index is -0.218. The predicted molar refractivity (Wildman–Crippen MR) is 114 cm³/mol. The summed E-state index contributed by atoms with van der Waals surface area (Å²) in [5.41, 5.74) is 1.29. The Kier molecular flexibility index (Phi) is 6.08. The first kappa shape index (κ1) is 19.8. The molecule has 1 N–H and O–H groups in total. The Morgan fingerprint density at radius 2 is 2.00 bits per heavy atom. The number of anilines is 2. The van der Waals surface area contributed by atoms with Gasteiger partial charge in [0.15, 0.2) is 0 Å². The van der Waals surface area contributed by atoms with Crippen LogP contribution in [0.25, 0.3) is 0 Å². The van der Waals surface area contributed by atoms with Gasteiger partial charge in [-0.1, -0.05) is 41.7 Å². The van der Waals surface area contributed by atoms with E-state index in [0.29, 0.717) is 18.1 Å². The van der Waals surface area contributed by atoms with Crippen molar-refractivity contribution in [1.29, 1.82) is 0 Å². The van der Waals surface area contributed by atoms with Crippen molar-refractivity contribution in [2.45, 2.75) is 57.5 Å². The molecule has 2 atom stereocenters. The monoisotopic (exact) mass is 413 g/mol. The van der Waals surface area contributed by atoms with E-state index in [-0.39, 0.29) is 23.9 Å². The van der Waals surface area contributed by atoms with Gasteiger partial charge in [0.2, 0.25) is 22.1 Å². The molecule has 1 aromatic carbocycles. The summed E-state index contributed by atoms with van der Waals surface area (Å²) < 4.78 is 0. The summed E-state index contributed by atoms with van der Waals surface area (Å²) in [6.07, 6.45) is 5.06. The van der Waals surface area contributed by atoms with Crippen LogP contribution < -0.4 is 15.1 Å². The van der Waals surface area contributed by atoms with Crippen molar-refractivity contribution < 1.29 is 9.59 Å². The molecule has 0 radical (unpaired) electrons. The molecule has 154 valence electrons. The summed E-state index contributed by atoms with van der Waals surface area (Å²) in [5.74, 6) is 0.160. The topological polar surface area (TPSA) is 78.4 Å². The molecule has 2 amide bonds. The normalized spacial score (nSPS) is 20.3. The third kappa shape index (κ3) is 4.58. The predicted octanol–water partition coefficient (Wildman–Crippen LogP) is 2.77. The van der Waals surface area contributed by atoms with E-state index in [9.17, 15) is 9.59 Å². The van der Waals surface area contributed by atoms with Crippen molar-refractivity contribution in [3.63, 3.8) is 0 Å². The smallest absolute Gasteiger partial charge is 0.242 e. The number of benzene rings is 1. The molecule has 2 saturated heterocycles. The summed E-state index contributed by atoms with van der Waals surface area (Å²) in [4.78, 5) is 28.6. The second kappa shape index (κ2) is 8.90. The van der Waals surface area contributed by atoms with Gasteiger partial charge in [0, 0.05) is 25.6 Å². The van der Waals surface area contributed by atoms with Gasteiger partial charge in [-0.05, 0) is 44.6 Å². The summed E-state index contributed by atoms with van der Waals surface area (Å²) in [6, 6.07) is 10.2. The number of nitrogens with one attached hydrogen (secondary N) is 1. The molecule has 8 heteroatoms. The van der Waals surface area contributed by atoms with Crippen LogP contribution in [0.1, 0.15) is 44.6 Å². The van der Waals surface area contributed by atoms with Gasteiger partial charge in [-0.3, -0.25) is 14.5 Å². The fourth-order valence-electron chi connectivity index (χ4n) is 3.99. The number of aryl methyl sites for hydroxylation is 1. The van der Waals surface area contributed by atoms with E-state index < -0.39 is 0 Å². The van der Waals surface area contributed by atoms with Gasteiger partial charge in [-0.25, -0.2) is 0 Å². The molecule has 7 nitrogen and oxygen atoms in total. The molecule has 1 aromatic heterocycles. The molecule has 4 rings (SSSR count). The molecule has 0 spiro atoms. The number of amides is 2. The molecule has 0 bridgehead atoms. The van der Waals surface area contributed by atoms with Crippen molar-refractivity contribution in [3.8, 4) is 0 Å². The van der Waals surface area contributed by atoms with Gasteiger partial charge in [0.05, 0.1) is 0 Å². The molecule has 3 heterocycles. The SMILES string of the molecule is C[C@H](CCc1ccccc1)NC(=O)[C@H]1CCCN1c1nnc(N2CCCC2=O)s1. The molecular weight excluding hydrogens is 386 g/mol. The average Bonchev–Trinajstić information content (AvgIpc) is 3.46. The molecule has 2 aliphatic heterocycles. The van der Waals surface area contributed by atoms with Crippen LogP contribution in [-0.2, 0) is 16.0 Å². The Labute approximate surface area is 175 Å². The first-order valence-corrected chi connectivity index (χ1v) is 11.2. The summed E-state index contributed by atoms with van der Waals surface area (Å²) in [6.45, 7) is 3.55. The van der Waals surface area contributed by atoms with Gasteiger partial charge in [-0.2, -0.15) is 0 Å². The second-order valence-corrected chi connectivity index (χ2v) is 8.74. The fraction of sp³-hybridized carbons (Fsp3) is 0.524. The zero-order valence-corrected chi connectivity index (χ0v) is 17.5. The molecule has 2 aliphatic rings. The Bertz CT molecular complexity index is 856. The largest absolute Gasteiger partial charge is 0.352 e. The standard InChI is InChI=1S/C21H27N5O2S/c1-15(11-12-16-7-3-2-4-8-16)22-19(28)17-9-5-13-25(17)20-23-24-21(29-20)26-14-6-10-18(26)27/h2-4,7-8,15,17H,5-6,9-14H2,1H3,(H,22,28)/t15-,17-/m1/s1. The van der Waals surface area contributed by atoms with Crippen LogP contribution in [0.5, 0.6) is 0 Å². The average molecular weight is 414 g/mol. The quantitative estimate of drug-likeness (QED) is 0.755. The lowest BCUT2D eigenvalue weighted by molar-refractivity contribution is -0.122. The van der Waals surface area contributed by atoms with E-state index in [2.05, 4.69) is 34.6 Å². The van der Waals surface area contributed by atoms with Crippen molar-refractivity contribution in [3.05, 3.63) is 35.9 Å². The van der Waals surface area contributed by atoms with Crippen molar-refractivity contribution >= 4 is 33.4 Å². The van der Waals surface area contributed by atoms with Gasteiger partial charge < -0.3 is 10.2 Å². The van der Waals surface area contributed by atoms with Crippen LogP contribution in [0.4, 0.5) is 10.3 Å². The lowest BCUT2D eigenvalue weighted by Crippen LogP contribution is -2.46. The lowest BCUT2D eigenvalue weighted by atomic mass is 10.1. The van der Waals surface area contributed by atoms with Gasteiger partial charge >= 0.3 is 0 Å². The van der Waals surface area contributed by atoms with Gasteiger partial charge in [-0.15, -0.1) is 10.2 Å². The van der Waals surface area contributed by atoms with E-state index in [1.165, 1.54) is 16.9 Å². The van der Waals surface area contributed by atoms with Crippen molar-refractivity contribution in [2.24, 2.45) is 0 Å². The molecule has 2 fully saturated rings. The fourth-order valence-corrected chi connectivity index (χ4v) is 4.96. The maximum absolute atomic E-state index is 12.9. The van der Waals surface area contributed by atoms with E-state index in [0.717, 1.165) is 43.8 Å². The van der Waals surface area contributed by atoms with Crippen LogP contribution in [0.3, 0.4) is 0 Å². The Balaban J connectivity index is 1.34. The molecule has 0 unspecified atom stereocenters.